The van der Waals surface area contributed by atoms with E-state index in [1.165, 1.54) is 5.56 Å². The Kier molecular flexibility index (Phi) is 5.17. The minimum atomic E-state index is -0.279. The molecule has 4 nitrogen and oxygen atoms in total. The van der Waals surface area contributed by atoms with Crippen molar-refractivity contribution in [2.75, 3.05) is 10.6 Å². The van der Waals surface area contributed by atoms with Crippen molar-refractivity contribution in [2.45, 2.75) is 13.3 Å². The molecule has 3 N–H and O–H groups in total. The van der Waals surface area contributed by atoms with E-state index in [2.05, 4.69) is 62.7 Å². The van der Waals surface area contributed by atoms with Crippen molar-refractivity contribution in [3.8, 4) is 11.3 Å². The molecule has 140 valence electrons. The first-order valence-electron chi connectivity index (χ1n) is 9.17. The lowest BCUT2D eigenvalue weighted by Gasteiger charge is -2.10. The number of aromatic nitrogens is 1. The van der Waals surface area contributed by atoms with E-state index in [0.29, 0.717) is 0 Å². The third kappa shape index (κ3) is 3.80. The molecule has 4 aromatic rings. The van der Waals surface area contributed by atoms with Crippen molar-refractivity contribution >= 4 is 44.2 Å². The van der Waals surface area contributed by atoms with Crippen molar-refractivity contribution in [1.82, 2.24) is 4.98 Å². The van der Waals surface area contributed by atoms with E-state index in [-0.39, 0.29) is 6.03 Å². The summed E-state index contributed by atoms with van der Waals surface area (Å²) in [6.45, 7) is 2.14. The average Bonchev–Trinajstić information content (AvgIpc) is 3.08. The molecule has 28 heavy (non-hydrogen) atoms. The molecule has 0 spiro atoms. The van der Waals surface area contributed by atoms with Gasteiger partial charge >= 0.3 is 6.03 Å². The van der Waals surface area contributed by atoms with E-state index in [1.54, 1.807) is 0 Å². The van der Waals surface area contributed by atoms with Crippen molar-refractivity contribution in [3.05, 3.63) is 82.8 Å². The number of rotatable bonds is 4. The van der Waals surface area contributed by atoms with Crippen LogP contribution < -0.4 is 10.6 Å². The third-order valence-electron chi connectivity index (χ3n) is 4.70. The van der Waals surface area contributed by atoms with Crippen LogP contribution in [0.25, 0.3) is 22.2 Å². The van der Waals surface area contributed by atoms with Gasteiger partial charge in [-0.25, -0.2) is 4.79 Å². The zero-order valence-corrected chi connectivity index (χ0v) is 17.0. The van der Waals surface area contributed by atoms with Gasteiger partial charge in [0, 0.05) is 26.6 Å². The smallest absolute Gasteiger partial charge is 0.323 e. The van der Waals surface area contributed by atoms with Crippen LogP contribution in [-0.4, -0.2) is 11.0 Å². The van der Waals surface area contributed by atoms with Crippen molar-refractivity contribution in [2.24, 2.45) is 0 Å². The number of urea groups is 1. The number of aryl methyl sites for hydroxylation is 1. The molecule has 5 heteroatoms. The Hall–Kier alpha value is -3.05. The van der Waals surface area contributed by atoms with E-state index in [0.717, 1.165) is 44.4 Å². The fourth-order valence-corrected chi connectivity index (χ4v) is 3.47. The number of hydrogen-bond acceptors (Lipinski definition) is 1. The predicted octanol–water partition coefficient (Wildman–Crippen LogP) is 6.80. The lowest BCUT2D eigenvalue weighted by molar-refractivity contribution is 0.262. The Balaban J connectivity index is 1.68. The summed E-state index contributed by atoms with van der Waals surface area (Å²) in [7, 11) is 0. The van der Waals surface area contributed by atoms with Crippen LogP contribution in [0.3, 0.4) is 0 Å². The Labute approximate surface area is 172 Å². The van der Waals surface area contributed by atoms with Gasteiger partial charge in [-0.15, -0.1) is 0 Å². The summed E-state index contributed by atoms with van der Waals surface area (Å²) in [5, 5.41) is 6.89. The fraction of sp³-hybridized carbons (Fsp3) is 0.0870. The number of hydrogen-bond donors (Lipinski definition) is 3. The lowest BCUT2D eigenvalue weighted by Crippen LogP contribution is -2.19. The predicted molar refractivity (Wildman–Crippen MR) is 120 cm³/mol. The Morgan fingerprint density at radius 1 is 0.929 bits per heavy atom. The van der Waals surface area contributed by atoms with E-state index in [9.17, 15) is 4.79 Å². The minimum absolute atomic E-state index is 0.279. The molecule has 3 aromatic carbocycles. The molecule has 2 amide bonds. The Morgan fingerprint density at radius 3 is 2.36 bits per heavy atom. The maximum absolute atomic E-state index is 12.6. The highest BCUT2D eigenvalue weighted by Gasteiger charge is 2.15. The summed E-state index contributed by atoms with van der Waals surface area (Å²) in [5.74, 6) is 0. The molecule has 4 rings (SSSR count). The first-order valence-corrected chi connectivity index (χ1v) is 9.97. The van der Waals surface area contributed by atoms with E-state index in [4.69, 9.17) is 0 Å². The number of amides is 2. The molecule has 0 aliphatic carbocycles. The number of anilines is 2. The van der Waals surface area contributed by atoms with Crippen LogP contribution in [0.15, 0.2) is 77.3 Å². The quantitative estimate of drug-likeness (QED) is 0.325. The number of para-hydroxylation sites is 1. The van der Waals surface area contributed by atoms with Crippen LogP contribution in [0.5, 0.6) is 0 Å². The van der Waals surface area contributed by atoms with Gasteiger partial charge in [0.15, 0.2) is 0 Å². The fourth-order valence-electron chi connectivity index (χ4n) is 3.20. The van der Waals surface area contributed by atoms with Crippen molar-refractivity contribution in [1.29, 1.82) is 0 Å². The Bertz CT molecular complexity index is 1120. The largest absolute Gasteiger partial charge is 0.353 e. The SMILES string of the molecule is CCc1ccc(-c2[nH]c3ccccc3c2NC(=O)Nc2ccc(Br)cc2)cc1. The van der Waals surface area contributed by atoms with Crippen molar-refractivity contribution < 1.29 is 4.79 Å². The summed E-state index contributed by atoms with van der Waals surface area (Å²) in [6.07, 6.45) is 0.994. The summed E-state index contributed by atoms with van der Waals surface area (Å²) >= 11 is 3.40. The average molecular weight is 434 g/mol. The first-order chi connectivity index (χ1) is 13.6. The zero-order chi connectivity index (χ0) is 19.5. The number of carbonyl (C=O) groups excluding carboxylic acids is 1. The van der Waals surface area contributed by atoms with Crippen LogP contribution in [0.1, 0.15) is 12.5 Å². The topological polar surface area (TPSA) is 56.9 Å². The van der Waals surface area contributed by atoms with Gasteiger partial charge in [-0.3, -0.25) is 0 Å². The minimum Gasteiger partial charge on any atom is -0.353 e. The van der Waals surface area contributed by atoms with Gasteiger partial charge in [0.25, 0.3) is 0 Å². The molecule has 0 aliphatic heterocycles. The van der Waals surface area contributed by atoms with E-state index < -0.39 is 0 Å². The second-order valence-corrected chi connectivity index (χ2v) is 7.47. The molecule has 0 radical (unpaired) electrons. The van der Waals surface area contributed by atoms with Crippen LogP contribution in [0.2, 0.25) is 0 Å². The number of fused-ring (bicyclic) bond motifs is 1. The number of carbonyl (C=O) groups is 1. The van der Waals surface area contributed by atoms with Gasteiger partial charge in [-0.2, -0.15) is 0 Å². The highest BCUT2D eigenvalue weighted by Crippen LogP contribution is 2.35. The van der Waals surface area contributed by atoms with Gasteiger partial charge in [0.1, 0.15) is 0 Å². The van der Waals surface area contributed by atoms with Gasteiger partial charge in [-0.1, -0.05) is 65.3 Å². The number of nitrogens with one attached hydrogen (secondary N) is 3. The molecule has 0 bridgehead atoms. The maximum atomic E-state index is 12.6. The summed E-state index contributed by atoms with van der Waals surface area (Å²) in [6, 6.07) is 23.6. The molecule has 1 heterocycles. The highest BCUT2D eigenvalue weighted by atomic mass is 79.9. The number of H-pyrrole nitrogens is 1. The van der Waals surface area contributed by atoms with Crippen LogP contribution in [-0.2, 0) is 6.42 Å². The Morgan fingerprint density at radius 2 is 1.64 bits per heavy atom. The second-order valence-electron chi connectivity index (χ2n) is 6.56. The van der Waals surface area contributed by atoms with Gasteiger partial charge in [0.2, 0.25) is 0 Å². The maximum Gasteiger partial charge on any atom is 0.323 e. The van der Waals surface area contributed by atoms with Gasteiger partial charge in [-0.05, 0) is 42.3 Å². The lowest BCUT2D eigenvalue weighted by atomic mass is 10.1. The van der Waals surface area contributed by atoms with E-state index >= 15 is 0 Å². The molecule has 0 atom stereocenters. The summed E-state index contributed by atoms with van der Waals surface area (Å²) in [4.78, 5) is 16.1. The zero-order valence-electron chi connectivity index (χ0n) is 15.4. The van der Waals surface area contributed by atoms with E-state index in [1.807, 2.05) is 48.5 Å². The molecule has 1 aromatic heterocycles. The van der Waals surface area contributed by atoms with Crippen LogP contribution >= 0.6 is 15.9 Å². The monoisotopic (exact) mass is 433 g/mol. The summed E-state index contributed by atoms with van der Waals surface area (Å²) < 4.78 is 0.966. The first kappa shape index (κ1) is 18.3. The summed E-state index contributed by atoms with van der Waals surface area (Å²) in [5.41, 5.74) is 5.70. The molecule has 0 aliphatic rings. The molecule has 0 fully saturated rings. The standard InChI is InChI=1S/C23H20BrN3O/c1-2-15-7-9-16(10-8-15)21-22(19-5-3-4-6-20(19)26-21)27-23(28)25-18-13-11-17(24)12-14-18/h3-14,26H,2H2,1H3,(H2,25,27,28). The molecule has 0 saturated heterocycles. The number of halogens is 1. The number of aromatic amines is 1. The molecular formula is C23H20BrN3O. The van der Waals surface area contributed by atoms with Crippen LogP contribution in [0.4, 0.5) is 16.2 Å². The van der Waals surface area contributed by atoms with Gasteiger partial charge in [0.05, 0.1) is 11.4 Å². The van der Waals surface area contributed by atoms with Gasteiger partial charge < -0.3 is 15.6 Å². The molecular weight excluding hydrogens is 414 g/mol. The normalized spacial score (nSPS) is 10.8. The van der Waals surface area contributed by atoms with Crippen molar-refractivity contribution in [3.63, 3.8) is 0 Å². The highest BCUT2D eigenvalue weighted by molar-refractivity contribution is 9.10. The molecule has 0 unspecified atom stereocenters. The second kappa shape index (κ2) is 7.90. The third-order valence-corrected chi connectivity index (χ3v) is 5.23. The molecule has 0 saturated carbocycles. The number of benzene rings is 3. The van der Waals surface area contributed by atoms with Crippen LogP contribution in [0, 0.1) is 0 Å².